The maximum absolute atomic E-state index is 6.42. The van der Waals surface area contributed by atoms with Gasteiger partial charge in [-0.2, -0.15) is 0 Å². The summed E-state index contributed by atoms with van der Waals surface area (Å²) in [6.07, 6.45) is 7.99. The minimum atomic E-state index is 0.184. The Morgan fingerprint density at radius 2 is 1.82 bits per heavy atom. The maximum Gasteiger partial charge on any atom is 0.0435 e. The first-order valence-corrected chi connectivity index (χ1v) is 7.08. The van der Waals surface area contributed by atoms with Crippen LogP contribution in [-0.4, -0.2) is 0 Å². The van der Waals surface area contributed by atoms with Crippen LogP contribution in [0, 0.1) is 12.8 Å². The molecule has 1 atom stereocenters. The van der Waals surface area contributed by atoms with Crippen LogP contribution in [0.1, 0.15) is 55.7 Å². The first kappa shape index (κ1) is 12.9. The summed E-state index contributed by atoms with van der Waals surface area (Å²) in [5.41, 5.74) is 8.80. The Labute approximate surface area is 109 Å². The fourth-order valence-corrected chi connectivity index (χ4v) is 2.94. The predicted octanol–water partition coefficient (Wildman–Crippen LogP) is 4.62. The molecule has 1 fully saturated rings. The lowest BCUT2D eigenvalue weighted by Crippen LogP contribution is -2.21. The summed E-state index contributed by atoms with van der Waals surface area (Å²) < 4.78 is 0. The van der Waals surface area contributed by atoms with E-state index in [9.17, 15) is 0 Å². The first-order chi connectivity index (χ1) is 8.18. The predicted molar refractivity (Wildman–Crippen MR) is 74.3 cm³/mol. The van der Waals surface area contributed by atoms with Gasteiger partial charge in [0, 0.05) is 11.1 Å². The highest BCUT2D eigenvalue weighted by Crippen LogP contribution is 2.33. The Morgan fingerprint density at radius 1 is 1.18 bits per heavy atom. The van der Waals surface area contributed by atoms with Gasteiger partial charge in [0.15, 0.2) is 0 Å². The standard InChI is InChI=1S/C15H22ClN/c1-11-10-13(8-9-14(11)16)15(17)12-6-4-2-3-5-7-12/h8-10,12,15H,2-7,17H2,1H3. The van der Waals surface area contributed by atoms with Crippen LogP contribution in [0.3, 0.4) is 0 Å². The number of hydrogen-bond acceptors (Lipinski definition) is 1. The SMILES string of the molecule is Cc1cc(C(N)C2CCCCCC2)ccc1Cl. The van der Waals surface area contributed by atoms with Gasteiger partial charge in [0.2, 0.25) is 0 Å². The highest BCUT2D eigenvalue weighted by Gasteiger charge is 2.21. The van der Waals surface area contributed by atoms with E-state index in [1.165, 1.54) is 44.1 Å². The Kier molecular flexibility index (Phi) is 4.47. The molecule has 1 unspecified atom stereocenters. The molecule has 0 heterocycles. The number of benzene rings is 1. The van der Waals surface area contributed by atoms with Crippen molar-refractivity contribution in [1.29, 1.82) is 0 Å². The van der Waals surface area contributed by atoms with Crippen molar-refractivity contribution in [2.75, 3.05) is 0 Å². The van der Waals surface area contributed by atoms with Gasteiger partial charge in [-0.15, -0.1) is 0 Å². The summed E-state index contributed by atoms with van der Waals surface area (Å²) in [5.74, 6) is 0.651. The van der Waals surface area contributed by atoms with Crippen molar-refractivity contribution < 1.29 is 0 Å². The lowest BCUT2D eigenvalue weighted by atomic mass is 9.87. The van der Waals surface area contributed by atoms with Crippen LogP contribution in [0.15, 0.2) is 18.2 Å². The molecule has 1 saturated carbocycles. The first-order valence-electron chi connectivity index (χ1n) is 6.70. The van der Waals surface area contributed by atoms with Gasteiger partial charge < -0.3 is 5.73 Å². The van der Waals surface area contributed by atoms with E-state index in [0.717, 1.165) is 10.6 Å². The summed E-state index contributed by atoms with van der Waals surface area (Å²) in [5, 5.41) is 0.835. The molecule has 17 heavy (non-hydrogen) atoms. The molecule has 2 rings (SSSR count). The number of nitrogens with two attached hydrogens (primary N) is 1. The van der Waals surface area contributed by atoms with Crippen molar-refractivity contribution in [2.24, 2.45) is 11.7 Å². The largest absolute Gasteiger partial charge is 0.324 e. The van der Waals surface area contributed by atoms with Crippen molar-refractivity contribution in [3.05, 3.63) is 34.3 Å². The fraction of sp³-hybridized carbons (Fsp3) is 0.600. The third-order valence-electron chi connectivity index (χ3n) is 3.97. The van der Waals surface area contributed by atoms with E-state index in [4.69, 9.17) is 17.3 Å². The van der Waals surface area contributed by atoms with Crippen molar-refractivity contribution in [2.45, 2.75) is 51.5 Å². The second-order valence-electron chi connectivity index (χ2n) is 5.29. The second-order valence-corrected chi connectivity index (χ2v) is 5.69. The molecule has 94 valence electrons. The van der Waals surface area contributed by atoms with Crippen LogP contribution in [0.4, 0.5) is 0 Å². The van der Waals surface area contributed by atoms with Crippen molar-refractivity contribution >= 4 is 11.6 Å². The molecule has 2 N–H and O–H groups in total. The minimum Gasteiger partial charge on any atom is -0.324 e. The molecule has 1 aliphatic carbocycles. The Hall–Kier alpha value is -0.530. The molecule has 1 aromatic rings. The second kappa shape index (κ2) is 5.88. The van der Waals surface area contributed by atoms with Crippen molar-refractivity contribution in [1.82, 2.24) is 0 Å². The van der Waals surface area contributed by atoms with Crippen LogP contribution in [-0.2, 0) is 0 Å². The fourth-order valence-electron chi connectivity index (χ4n) is 2.82. The number of aryl methyl sites for hydroxylation is 1. The summed E-state index contributed by atoms with van der Waals surface area (Å²) in [6.45, 7) is 2.05. The van der Waals surface area contributed by atoms with Gasteiger partial charge in [0.05, 0.1) is 0 Å². The van der Waals surface area contributed by atoms with E-state index in [1.54, 1.807) is 0 Å². The van der Waals surface area contributed by atoms with Crippen LogP contribution in [0.5, 0.6) is 0 Å². The van der Waals surface area contributed by atoms with Gasteiger partial charge in [-0.1, -0.05) is 49.4 Å². The van der Waals surface area contributed by atoms with E-state index >= 15 is 0 Å². The van der Waals surface area contributed by atoms with E-state index in [0.29, 0.717) is 5.92 Å². The van der Waals surface area contributed by atoms with Crippen molar-refractivity contribution in [3.8, 4) is 0 Å². The molecule has 0 aromatic heterocycles. The maximum atomic E-state index is 6.42. The zero-order valence-corrected chi connectivity index (χ0v) is 11.3. The molecule has 2 heteroatoms. The summed E-state index contributed by atoms with van der Waals surface area (Å²) in [6, 6.07) is 6.40. The van der Waals surface area contributed by atoms with Gasteiger partial charge in [-0.3, -0.25) is 0 Å². The van der Waals surface area contributed by atoms with E-state index in [2.05, 4.69) is 12.1 Å². The molecule has 0 radical (unpaired) electrons. The number of rotatable bonds is 2. The van der Waals surface area contributed by atoms with Gasteiger partial charge in [0.25, 0.3) is 0 Å². The molecule has 1 aromatic carbocycles. The average Bonchev–Trinajstić information content (AvgIpc) is 2.60. The van der Waals surface area contributed by atoms with E-state index in [1.807, 2.05) is 13.0 Å². The third kappa shape index (κ3) is 3.23. The van der Waals surface area contributed by atoms with E-state index < -0.39 is 0 Å². The molecular weight excluding hydrogens is 230 g/mol. The molecule has 0 spiro atoms. The van der Waals surface area contributed by atoms with Gasteiger partial charge in [-0.05, 0) is 42.9 Å². The van der Waals surface area contributed by atoms with Crippen LogP contribution in [0.25, 0.3) is 0 Å². The molecular formula is C15H22ClN. The molecule has 0 aliphatic heterocycles. The van der Waals surface area contributed by atoms with Crippen LogP contribution >= 0.6 is 11.6 Å². The monoisotopic (exact) mass is 251 g/mol. The zero-order valence-electron chi connectivity index (χ0n) is 10.6. The van der Waals surface area contributed by atoms with E-state index in [-0.39, 0.29) is 6.04 Å². The third-order valence-corrected chi connectivity index (χ3v) is 4.40. The summed E-state index contributed by atoms with van der Waals surface area (Å²) >= 11 is 6.06. The topological polar surface area (TPSA) is 26.0 Å². The van der Waals surface area contributed by atoms with Crippen LogP contribution < -0.4 is 5.73 Å². The van der Waals surface area contributed by atoms with Gasteiger partial charge in [-0.25, -0.2) is 0 Å². The lowest BCUT2D eigenvalue weighted by molar-refractivity contribution is 0.382. The smallest absolute Gasteiger partial charge is 0.0435 e. The zero-order chi connectivity index (χ0) is 12.3. The van der Waals surface area contributed by atoms with Gasteiger partial charge in [0.1, 0.15) is 0 Å². The highest BCUT2D eigenvalue weighted by atomic mass is 35.5. The normalized spacial score (nSPS) is 19.9. The van der Waals surface area contributed by atoms with Crippen molar-refractivity contribution in [3.63, 3.8) is 0 Å². The number of hydrogen-bond donors (Lipinski definition) is 1. The molecule has 1 nitrogen and oxygen atoms in total. The average molecular weight is 252 g/mol. The molecule has 0 saturated heterocycles. The summed E-state index contributed by atoms with van der Waals surface area (Å²) in [4.78, 5) is 0. The quantitative estimate of drug-likeness (QED) is 0.763. The molecule has 0 amide bonds. The highest BCUT2D eigenvalue weighted by molar-refractivity contribution is 6.31. The molecule has 1 aliphatic rings. The summed E-state index contributed by atoms with van der Waals surface area (Å²) in [7, 11) is 0. The van der Waals surface area contributed by atoms with Crippen LogP contribution in [0.2, 0.25) is 5.02 Å². The van der Waals surface area contributed by atoms with Gasteiger partial charge >= 0.3 is 0 Å². The lowest BCUT2D eigenvalue weighted by Gasteiger charge is -2.23. The Morgan fingerprint density at radius 3 is 2.41 bits per heavy atom. The Bertz CT molecular complexity index is 367. The Balaban J connectivity index is 2.11. The molecule has 0 bridgehead atoms. The minimum absolute atomic E-state index is 0.184. The number of halogens is 1.